The fraction of sp³-hybridized carbons (Fsp3) is 0.389. The lowest BCUT2D eigenvalue weighted by atomic mass is 10.1. The van der Waals surface area contributed by atoms with Gasteiger partial charge in [-0.05, 0) is 37.0 Å². The Kier molecular flexibility index (Phi) is 5.25. The molecule has 1 aromatic heterocycles. The summed E-state index contributed by atoms with van der Waals surface area (Å²) in [5.41, 5.74) is 1.49. The first kappa shape index (κ1) is 16.2. The monoisotopic (exact) mass is 326 g/mol. The molecular formula is C18H22N4O2. The van der Waals surface area contributed by atoms with E-state index in [-0.39, 0.29) is 5.91 Å². The third-order valence-electron chi connectivity index (χ3n) is 4.15. The molecule has 2 heterocycles. The highest BCUT2D eigenvalue weighted by molar-refractivity contribution is 5.93. The molecular weight excluding hydrogens is 304 g/mol. The summed E-state index contributed by atoms with van der Waals surface area (Å²) >= 11 is 0. The molecule has 0 bridgehead atoms. The summed E-state index contributed by atoms with van der Waals surface area (Å²) in [5.74, 6) is 1.34. The van der Waals surface area contributed by atoms with Crippen molar-refractivity contribution in [2.75, 3.05) is 25.1 Å². The van der Waals surface area contributed by atoms with Crippen LogP contribution >= 0.6 is 0 Å². The molecule has 1 aliphatic rings. The fourth-order valence-corrected chi connectivity index (χ4v) is 2.72. The molecule has 1 saturated heterocycles. The number of carbonyl (C=O) groups is 1. The van der Waals surface area contributed by atoms with E-state index in [0.717, 1.165) is 24.4 Å². The number of nitrogens with one attached hydrogen (secondary N) is 1. The first-order chi connectivity index (χ1) is 11.8. The molecule has 3 rings (SSSR count). The van der Waals surface area contributed by atoms with Crippen LogP contribution in [0.15, 0.2) is 36.7 Å². The molecule has 24 heavy (non-hydrogen) atoms. The number of piperidine rings is 1. The predicted molar refractivity (Wildman–Crippen MR) is 92.3 cm³/mol. The van der Waals surface area contributed by atoms with Crippen molar-refractivity contribution in [3.63, 3.8) is 0 Å². The Labute approximate surface area is 141 Å². The summed E-state index contributed by atoms with van der Waals surface area (Å²) in [6.07, 6.45) is 6.81. The summed E-state index contributed by atoms with van der Waals surface area (Å²) < 4.78 is 5.12. The van der Waals surface area contributed by atoms with Crippen molar-refractivity contribution in [3.05, 3.63) is 47.8 Å². The van der Waals surface area contributed by atoms with Crippen LogP contribution in [0.5, 0.6) is 5.75 Å². The second kappa shape index (κ2) is 7.77. The van der Waals surface area contributed by atoms with Crippen LogP contribution in [-0.2, 0) is 6.54 Å². The van der Waals surface area contributed by atoms with Gasteiger partial charge < -0.3 is 15.0 Å². The Morgan fingerprint density at radius 2 is 1.79 bits per heavy atom. The summed E-state index contributed by atoms with van der Waals surface area (Å²) in [6.45, 7) is 2.43. The number of aromatic nitrogens is 2. The van der Waals surface area contributed by atoms with E-state index in [1.54, 1.807) is 19.5 Å². The highest BCUT2D eigenvalue weighted by Gasteiger charge is 2.14. The molecule has 1 N–H and O–H groups in total. The standard InChI is InChI=1S/C18H22N4O2/c1-24-16-7-5-14(6-8-16)11-19-17(23)15-12-20-18(21-13-15)22-9-3-2-4-10-22/h5-8,12-13H,2-4,9-11H2,1H3,(H,19,23). The maximum atomic E-state index is 12.2. The number of carbonyl (C=O) groups excluding carboxylic acids is 1. The number of amides is 1. The molecule has 1 amide bonds. The van der Waals surface area contributed by atoms with Crippen molar-refractivity contribution in [1.82, 2.24) is 15.3 Å². The molecule has 0 radical (unpaired) electrons. The van der Waals surface area contributed by atoms with Crippen LogP contribution in [0.3, 0.4) is 0 Å². The first-order valence-electron chi connectivity index (χ1n) is 8.24. The van der Waals surface area contributed by atoms with Crippen molar-refractivity contribution in [2.45, 2.75) is 25.8 Å². The third kappa shape index (κ3) is 4.01. The van der Waals surface area contributed by atoms with Gasteiger partial charge in [0.25, 0.3) is 5.91 Å². The minimum absolute atomic E-state index is 0.170. The second-order valence-electron chi connectivity index (χ2n) is 5.85. The second-order valence-corrected chi connectivity index (χ2v) is 5.85. The molecule has 6 heteroatoms. The zero-order chi connectivity index (χ0) is 16.8. The molecule has 0 unspecified atom stereocenters. The summed E-state index contributed by atoms with van der Waals surface area (Å²) in [7, 11) is 1.63. The molecule has 0 atom stereocenters. The zero-order valence-electron chi connectivity index (χ0n) is 13.9. The number of hydrogen-bond acceptors (Lipinski definition) is 5. The van der Waals surface area contributed by atoms with Gasteiger partial charge in [0.15, 0.2) is 0 Å². The van der Waals surface area contributed by atoms with Crippen molar-refractivity contribution in [3.8, 4) is 5.75 Å². The lowest BCUT2D eigenvalue weighted by Crippen LogP contribution is -2.31. The van der Waals surface area contributed by atoms with Gasteiger partial charge in [-0.25, -0.2) is 9.97 Å². The van der Waals surface area contributed by atoms with Crippen LogP contribution in [0, 0.1) is 0 Å². The Balaban J connectivity index is 1.56. The summed E-state index contributed by atoms with van der Waals surface area (Å²) in [6, 6.07) is 7.60. The Morgan fingerprint density at radius 1 is 1.12 bits per heavy atom. The van der Waals surface area contributed by atoms with E-state index < -0.39 is 0 Å². The van der Waals surface area contributed by atoms with Crippen molar-refractivity contribution in [2.24, 2.45) is 0 Å². The Hall–Kier alpha value is -2.63. The molecule has 0 spiro atoms. The minimum Gasteiger partial charge on any atom is -0.497 e. The van der Waals surface area contributed by atoms with Gasteiger partial charge in [-0.2, -0.15) is 0 Å². The molecule has 6 nitrogen and oxygen atoms in total. The predicted octanol–water partition coefficient (Wildman–Crippen LogP) is 2.41. The van der Waals surface area contributed by atoms with E-state index >= 15 is 0 Å². The van der Waals surface area contributed by atoms with Gasteiger partial charge in [-0.1, -0.05) is 12.1 Å². The Bertz CT molecular complexity index is 664. The maximum Gasteiger partial charge on any atom is 0.254 e. The highest BCUT2D eigenvalue weighted by Crippen LogP contribution is 2.15. The highest BCUT2D eigenvalue weighted by atomic mass is 16.5. The van der Waals surface area contributed by atoms with Crippen LogP contribution in [0.4, 0.5) is 5.95 Å². The van der Waals surface area contributed by atoms with Crippen LogP contribution in [0.2, 0.25) is 0 Å². The van der Waals surface area contributed by atoms with Crippen LogP contribution in [0.25, 0.3) is 0 Å². The van der Waals surface area contributed by atoms with Crippen LogP contribution in [-0.4, -0.2) is 36.1 Å². The molecule has 1 aliphatic heterocycles. The molecule has 0 aliphatic carbocycles. The topological polar surface area (TPSA) is 67.3 Å². The van der Waals surface area contributed by atoms with Gasteiger partial charge in [0, 0.05) is 32.0 Å². The van der Waals surface area contributed by atoms with Gasteiger partial charge in [0.05, 0.1) is 12.7 Å². The van der Waals surface area contributed by atoms with E-state index in [1.165, 1.54) is 19.3 Å². The number of methoxy groups -OCH3 is 1. The van der Waals surface area contributed by atoms with Crippen molar-refractivity contribution < 1.29 is 9.53 Å². The number of anilines is 1. The molecule has 2 aromatic rings. The van der Waals surface area contributed by atoms with E-state index in [4.69, 9.17) is 4.74 Å². The zero-order valence-corrected chi connectivity index (χ0v) is 13.9. The lowest BCUT2D eigenvalue weighted by Gasteiger charge is -2.26. The van der Waals surface area contributed by atoms with Gasteiger partial charge >= 0.3 is 0 Å². The normalized spacial score (nSPS) is 14.3. The van der Waals surface area contributed by atoms with E-state index in [2.05, 4.69) is 20.2 Å². The smallest absolute Gasteiger partial charge is 0.254 e. The number of hydrogen-bond donors (Lipinski definition) is 1. The average molecular weight is 326 g/mol. The largest absolute Gasteiger partial charge is 0.497 e. The summed E-state index contributed by atoms with van der Waals surface area (Å²) in [5, 5.41) is 2.88. The SMILES string of the molecule is COc1ccc(CNC(=O)c2cnc(N3CCCCC3)nc2)cc1. The van der Waals surface area contributed by atoms with Gasteiger partial charge in [0.1, 0.15) is 5.75 Å². The molecule has 1 aromatic carbocycles. The van der Waals surface area contributed by atoms with Crippen LogP contribution in [0.1, 0.15) is 35.2 Å². The van der Waals surface area contributed by atoms with Crippen molar-refractivity contribution in [1.29, 1.82) is 0 Å². The van der Waals surface area contributed by atoms with E-state index in [9.17, 15) is 4.79 Å². The number of ether oxygens (including phenoxy) is 1. The first-order valence-corrected chi connectivity index (χ1v) is 8.24. The van der Waals surface area contributed by atoms with Crippen molar-refractivity contribution >= 4 is 11.9 Å². The van der Waals surface area contributed by atoms with Crippen LogP contribution < -0.4 is 15.0 Å². The quantitative estimate of drug-likeness (QED) is 0.914. The lowest BCUT2D eigenvalue weighted by molar-refractivity contribution is 0.0950. The third-order valence-corrected chi connectivity index (χ3v) is 4.15. The number of rotatable bonds is 5. The number of benzene rings is 1. The Morgan fingerprint density at radius 3 is 2.42 bits per heavy atom. The van der Waals surface area contributed by atoms with Gasteiger partial charge in [0.2, 0.25) is 5.95 Å². The van der Waals surface area contributed by atoms with Gasteiger partial charge in [-0.3, -0.25) is 4.79 Å². The minimum atomic E-state index is -0.170. The molecule has 1 fully saturated rings. The molecule has 0 saturated carbocycles. The average Bonchev–Trinajstić information content (AvgIpc) is 2.67. The van der Waals surface area contributed by atoms with E-state index in [1.807, 2.05) is 24.3 Å². The maximum absolute atomic E-state index is 12.2. The van der Waals surface area contributed by atoms with E-state index in [0.29, 0.717) is 18.1 Å². The number of nitrogens with zero attached hydrogens (tertiary/aromatic N) is 3. The van der Waals surface area contributed by atoms with Gasteiger partial charge in [-0.15, -0.1) is 0 Å². The fourth-order valence-electron chi connectivity index (χ4n) is 2.72. The summed E-state index contributed by atoms with van der Waals surface area (Å²) in [4.78, 5) is 23.0. The molecule has 126 valence electrons.